The van der Waals surface area contributed by atoms with Crippen LogP contribution >= 0.6 is 0 Å². The Labute approximate surface area is 174 Å². The first-order valence-corrected chi connectivity index (χ1v) is 10.9. The molecule has 3 aromatic carbocycles. The van der Waals surface area contributed by atoms with E-state index in [1.165, 1.54) is 11.8 Å². The van der Waals surface area contributed by atoms with Gasteiger partial charge in [0.05, 0.1) is 17.8 Å². The molecule has 0 saturated heterocycles. The Morgan fingerprint density at radius 2 is 1.67 bits per heavy atom. The molecule has 0 aliphatic rings. The Hall–Kier alpha value is -3.52. The fourth-order valence-electron chi connectivity index (χ4n) is 3.29. The molecule has 0 spiro atoms. The summed E-state index contributed by atoms with van der Waals surface area (Å²) in [6.07, 6.45) is 0. The van der Waals surface area contributed by atoms with E-state index in [0.29, 0.717) is 22.7 Å². The number of ether oxygens (including phenoxy) is 1. The van der Waals surface area contributed by atoms with E-state index >= 15 is 0 Å². The molecular formula is C22H20N4O3S. The fourth-order valence-corrected chi connectivity index (χ4v) is 4.69. The van der Waals surface area contributed by atoms with Gasteiger partial charge < -0.3 is 4.74 Å². The third kappa shape index (κ3) is 3.95. The van der Waals surface area contributed by atoms with Gasteiger partial charge in [-0.1, -0.05) is 48.5 Å². The molecule has 7 nitrogen and oxygen atoms in total. The van der Waals surface area contributed by atoms with Crippen LogP contribution in [0, 0.1) is 0 Å². The summed E-state index contributed by atoms with van der Waals surface area (Å²) in [5.74, 6) is 0.847. The zero-order valence-electron chi connectivity index (χ0n) is 16.6. The van der Waals surface area contributed by atoms with E-state index < -0.39 is 9.84 Å². The SMILES string of the molecule is COc1ccc(-c2ccccc2)cc1CS(=O)(=O)c1cccc(-c2nnnn2C)c1. The van der Waals surface area contributed by atoms with Crippen molar-refractivity contribution in [2.24, 2.45) is 7.05 Å². The molecule has 30 heavy (non-hydrogen) atoms. The zero-order valence-corrected chi connectivity index (χ0v) is 17.4. The van der Waals surface area contributed by atoms with Crippen molar-refractivity contribution in [1.29, 1.82) is 0 Å². The molecule has 0 atom stereocenters. The number of nitrogens with zero attached hydrogens (tertiary/aromatic N) is 4. The quantitative estimate of drug-likeness (QED) is 0.474. The van der Waals surface area contributed by atoms with E-state index in [4.69, 9.17) is 4.74 Å². The summed E-state index contributed by atoms with van der Waals surface area (Å²) in [7, 11) is -0.387. The molecule has 1 aromatic heterocycles. The van der Waals surface area contributed by atoms with Crippen molar-refractivity contribution in [3.05, 3.63) is 78.4 Å². The van der Waals surface area contributed by atoms with Gasteiger partial charge >= 0.3 is 0 Å². The Morgan fingerprint density at radius 3 is 2.37 bits per heavy atom. The van der Waals surface area contributed by atoms with E-state index in [1.807, 2.05) is 42.5 Å². The number of methoxy groups -OCH3 is 1. The van der Waals surface area contributed by atoms with Crippen LogP contribution in [0.1, 0.15) is 5.56 Å². The first kappa shape index (κ1) is 19.8. The monoisotopic (exact) mass is 420 g/mol. The highest BCUT2D eigenvalue weighted by Crippen LogP contribution is 2.30. The maximum absolute atomic E-state index is 13.2. The highest BCUT2D eigenvalue weighted by molar-refractivity contribution is 7.90. The molecule has 1 heterocycles. The van der Waals surface area contributed by atoms with Gasteiger partial charge in [0.1, 0.15) is 5.75 Å². The third-order valence-corrected chi connectivity index (χ3v) is 6.47. The number of hydrogen-bond donors (Lipinski definition) is 0. The number of rotatable bonds is 6. The van der Waals surface area contributed by atoms with Crippen molar-refractivity contribution in [2.45, 2.75) is 10.6 Å². The van der Waals surface area contributed by atoms with Gasteiger partial charge in [0, 0.05) is 18.2 Å². The number of aromatic nitrogens is 4. The molecule has 0 unspecified atom stereocenters. The molecule has 8 heteroatoms. The predicted molar refractivity (Wildman–Crippen MR) is 114 cm³/mol. The number of aryl methyl sites for hydroxylation is 1. The van der Waals surface area contributed by atoms with Crippen LogP contribution < -0.4 is 4.74 Å². The topological polar surface area (TPSA) is 87.0 Å². The summed E-state index contributed by atoms with van der Waals surface area (Å²) in [5.41, 5.74) is 3.18. The van der Waals surface area contributed by atoms with Gasteiger partial charge in [-0.2, -0.15) is 0 Å². The number of benzene rings is 3. The molecule has 0 saturated carbocycles. The van der Waals surface area contributed by atoms with E-state index in [1.54, 1.807) is 37.4 Å². The van der Waals surface area contributed by atoms with Crippen LogP contribution in [0.5, 0.6) is 5.75 Å². The minimum absolute atomic E-state index is 0.183. The van der Waals surface area contributed by atoms with Crippen LogP contribution in [-0.2, 0) is 22.6 Å². The van der Waals surface area contributed by atoms with Gasteiger partial charge in [-0.3, -0.25) is 0 Å². The van der Waals surface area contributed by atoms with Crippen molar-refractivity contribution in [3.63, 3.8) is 0 Å². The maximum atomic E-state index is 13.2. The van der Waals surface area contributed by atoms with E-state index in [2.05, 4.69) is 15.5 Å². The van der Waals surface area contributed by atoms with Crippen LogP contribution in [0.25, 0.3) is 22.5 Å². The van der Waals surface area contributed by atoms with Crippen molar-refractivity contribution in [1.82, 2.24) is 20.2 Å². The summed E-state index contributed by atoms with van der Waals surface area (Å²) < 4.78 is 33.3. The molecule has 0 aliphatic carbocycles. The van der Waals surface area contributed by atoms with E-state index in [0.717, 1.165) is 11.1 Å². The second-order valence-electron chi connectivity index (χ2n) is 6.81. The average molecular weight is 420 g/mol. The molecule has 152 valence electrons. The van der Waals surface area contributed by atoms with Gasteiger partial charge in [-0.15, -0.1) is 5.10 Å². The first-order chi connectivity index (χ1) is 14.5. The minimum Gasteiger partial charge on any atom is -0.496 e. The van der Waals surface area contributed by atoms with E-state index in [-0.39, 0.29) is 10.6 Å². The molecule has 4 aromatic rings. The van der Waals surface area contributed by atoms with Crippen molar-refractivity contribution in [3.8, 4) is 28.3 Å². The highest BCUT2D eigenvalue weighted by atomic mass is 32.2. The van der Waals surface area contributed by atoms with Crippen molar-refractivity contribution >= 4 is 9.84 Å². The maximum Gasteiger partial charge on any atom is 0.182 e. The van der Waals surface area contributed by atoms with Crippen molar-refractivity contribution in [2.75, 3.05) is 7.11 Å². The summed E-state index contributed by atoms with van der Waals surface area (Å²) in [5, 5.41) is 11.4. The molecule has 0 aliphatic heterocycles. The standard InChI is InChI=1S/C22H20N4O3S/c1-26-22(23-24-25-26)18-9-6-10-20(14-18)30(27,28)15-19-13-17(11-12-21(19)29-2)16-7-4-3-5-8-16/h3-14H,15H2,1-2H3. The summed E-state index contributed by atoms with van der Waals surface area (Å²) in [6, 6.07) is 22.0. The number of sulfone groups is 1. The summed E-state index contributed by atoms with van der Waals surface area (Å²) in [4.78, 5) is 0.204. The largest absolute Gasteiger partial charge is 0.496 e. The molecular weight excluding hydrogens is 400 g/mol. The molecule has 0 radical (unpaired) electrons. The smallest absolute Gasteiger partial charge is 0.182 e. The van der Waals surface area contributed by atoms with Gasteiger partial charge in [-0.25, -0.2) is 13.1 Å². The van der Waals surface area contributed by atoms with Crippen LogP contribution in [0.2, 0.25) is 0 Å². The van der Waals surface area contributed by atoms with Gasteiger partial charge in [0.25, 0.3) is 0 Å². The lowest BCUT2D eigenvalue weighted by molar-refractivity contribution is 0.411. The fraction of sp³-hybridized carbons (Fsp3) is 0.136. The normalized spacial score (nSPS) is 11.4. The lowest BCUT2D eigenvalue weighted by Gasteiger charge is -2.12. The molecule has 4 rings (SSSR count). The van der Waals surface area contributed by atoms with Crippen LogP contribution in [-0.4, -0.2) is 35.7 Å². The Balaban J connectivity index is 1.71. The zero-order chi connectivity index (χ0) is 21.1. The molecule has 0 amide bonds. The van der Waals surface area contributed by atoms with Crippen LogP contribution in [0.3, 0.4) is 0 Å². The second kappa shape index (κ2) is 8.08. The predicted octanol–water partition coefficient (Wildman–Crippen LogP) is 3.53. The minimum atomic E-state index is -3.63. The molecule has 0 bridgehead atoms. The highest BCUT2D eigenvalue weighted by Gasteiger charge is 2.20. The summed E-state index contributed by atoms with van der Waals surface area (Å²) in [6.45, 7) is 0. The Morgan fingerprint density at radius 1 is 0.900 bits per heavy atom. The summed E-state index contributed by atoms with van der Waals surface area (Å²) >= 11 is 0. The van der Waals surface area contributed by atoms with E-state index in [9.17, 15) is 8.42 Å². The Kier molecular flexibility index (Phi) is 5.33. The van der Waals surface area contributed by atoms with Gasteiger partial charge in [0.15, 0.2) is 15.7 Å². The van der Waals surface area contributed by atoms with Gasteiger partial charge in [0.2, 0.25) is 0 Å². The van der Waals surface area contributed by atoms with Crippen molar-refractivity contribution < 1.29 is 13.2 Å². The second-order valence-corrected chi connectivity index (χ2v) is 8.80. The Bertz CT molecular complexity index is 1280. The van der Waals surface area contributed by atoms with Crippen LogP contribution in [0.4, 0.5) is 0 Å². The number of hydrogen-bond acceptors (Lipinski definition) is 6. The lowest BCUT2D eigenvalue weighted by Crippen LogP contribution is -2.07. The van der Waals surface area contributed by atoms with Crippen LogP contribution in [0.15, 0.2) is 77.7 Å². The molecule has 0 N–H and O–H groups in total. The number of tetrazole rings is 1. The molecule has 0 fully saturated rings. The van der Waals surface area contributed by atoms with Gasteiger partial charge in [-0.05, 0) is 45.8 Å². The third-order valence-electron chi connectivity index (χ3n) is 4.80. The average Bonchev–Trinajstić information content (AvgIpc) is 3.20. The first-order valence-electron chi connectivity index (χ1n) is 9.26. The lowest BCUT2D eigenvalue weighted by atomic mass is 10.0.